The van der Waals surface area contributed by atoms with E-state index in [4.69, 9.17) is 11.6 Å². The molecular formula is C9H6BrClN4O2S. The maximum atomic E-state index is 12.0. The molecule has 2 heterocycles. The molecule has 0 aliphatic rings. The summed E-state index contributed by atoms with van der Waals surface area (Å²) in [5, 5.41) is -0.123. The van der Waals surface area contributed by atoms with Gasteiger partial charge in [-0.25, -0.2) is 28.1 Å². The van der Waals surface area contributed by atoms with Gasteiger partial charge in [-0.2, -0.15) is 0 Å². The Kier molecular flexibility index (Phi) is 3.79. The molecule has 0 saturated heterocycles. The topological polar surface area (TPSA) is 84.8 Å². The fourth-order valence-electron chi connectivity index (χ4n) is 1.12. The van der Waals surface area contributed by atoms with Crippen LogP contribution in [-0.2, 0) is 10.0 Å². The average molecular weight is 350 g/mol. The van der Waals surface area contributed by atoms with Crippen LogP contribution in [0.5, 0.6) is 0 Å². The van der Waals surface area contributed by atoms with Crippen LogP contribution < -0.4 is 4.72 Å². The molecule has 2 aromatic heterocycles. The van der Waals surface area contributed by atoms with Gasteiger partial charge in [0, 0.05) is 23.1 Å². The second-order valence-electron chi connectivity index (χ2n) is 3.12. The molecule has 0 unspecified atom stereocenters. The zero-order valence-corrected chi connectivity index (χ0v) is 11.9. The fraction of sp³-hybridized carbons (Fsp3) is 0. The van der Waals surface area contributed by atoms with Crippen LogP contribution in [-0.4, -0.2) is 23.4 Å². The highest BCUT2D eigenvalue weighted by molar-refractivity contribution is 9.10. The van der Waals surface area contributed by atoms with E-state index in [0.29, 0.717) is 4.47 Å². The summed E-state index contributed by atoms with van der Waals surface area (Å²) in [6, 6.07) is 2.92. The van der Waals surface area contributed by atoms with Crippen LogP contribution in [0.3, 0.4) is 0 Å². The molecule has 0 bridgehead atoms. The number of hydrogen-bond acceptors (Lipinski definition) is 5. The van der Waals surface area contributed by atoms with Crippen LogP contribution in [0.2, 0.25) is 5.15 Å². The van der Waals surface area contributed by atoms with Crippen molar-refractivity contribution in [1.82, 2.24) is 15.0 Å². The molecule has 0 fully saturated rings. The van der Waals surface area contributed by atoms with Gasteiger partial charge in [-0.3, -0.25) is 0 Å². The largest absolute Gasteiger partial charge is 0.267 e. The second-order valence-corrected chi connectivity index (χ2v) is 6.04. The number of nitrogens with one attached hydrogen (secondary N) is 1. The van der Waals surface area contributed by atoms with Gasteiger partial charge in [0.1, 0.15) is 10.0 Å². The molecule has 0 spiro atoms. The summed E-state index contributed by atoms with van der Waals surface area (Å²) in [6.07, 6.45) is 4.25. The third-order valence-electron chi connectivity index (χ3n) is 1.85. The Morgan fingerprint density at radius 1 is 1.22 bits per heavy atom. The first-order valence-electron chi connectivity index (χ1n) is 4.60. The Labute approximate surface area is 117 Å². The van der Waals surface area contributed by atoms with E-state index in [2.05, 4.69) is 35.6 Å². The lowest BCUT2D eigenvalue weighted by Crippen LogP contribution is -2.15. The number of sulfonamides is 1. The first-order chi connectivity index (χ1) is 8.49. The molecule has 0 aliphatic heterocycles. The van der Waals surface area contributed by atoms with Crippen molar-refractivity contribution in [1.29, 1.82) is 0 Å². The Bertz CT molecular complexity index is 666. The Hall–Kier alpha value is -1.25. The van der Waals surface area contributed by atoms with E-state index in [0.717, 1.165) is 0 Å². The van der Waals surface area contributed by atoms with E-state index < -0.39 is 10.0 Å². The van der Waals surface area contributed by atoms with Crippen molar-refractivity contribution in [3.05, 3.63) is 40.3 Å². The van der Waals surface area contributed by atoms with Crippen molar-refractivity contribution in [2.75, 3.05) is 4.72 Å². The molecule has 0 aromatic carbocycles. The van der Waals surface area contributed by atoms with Crippen molar-refractivity contribution < 1.29 is 8.42 Å². The van der Waals surface area contributed by atoms with Crippen molar-refractivity contribution >= 4 is 43.5 Å². The zero-order valence-electron chi connectivity index (χ0n) is 8.71. The van der Waals surface area contributed by atoms with Gasteiger partial charge in [-0.15, -0.1) is 0 Å². The van der Waals surface area contributed by atoms with Gasteiger partial charge in [0.15, 0.2) is 0 Å². The van der Waals surface area contributed by atoms with E-state index in [1.54, 1.807) is 6.07 Å². The molecule has 18 heavy (non-hydrogen) atoms. The standard InChI is InChI=1S/C9H6BrClN4O2S/c10-6-4-7(8(11)14-5-6)18(16,17)15-9-12-2-1-3-13-9/h1-5H,(H,12,13,15). The normalized spacial score (nSPS) is 11.2. The minimum atomic E-state index is -3.87. The van der Waals surface area contributed by atoms with E-state index in [9.17, 15) is 8.42 Å². The lowest BCUT2D eigenvalue weighted by Gasteiger charge is -2.07. The van der Waals surface area contributed by atoms with Gasteiger partial charge < -0.3 is 0 Å². The quantitative estimate of drug-likeness (QED) is 0.858. The highest BCUT2D eigenvalue weighted by atomic mass is 79.9. The molecule has 0 amide bonds. The summed E-state index contributed by atoms with van der Waals surface area (Å²) in [6.45, 7) is 0. The molecule has 0 atom stereocenters. The summed E-state index contributed by atoms with van der Waals surface area (Å²) in [4.78, 5) is 11.1. The number of anilines is 1. The molecule has 94 valence electrons. The fourth-order valence-corrected chi connectivity index (χ4v) is 3.02. The summed E-state index contributed by atoms with van der Waals surface area (Å²) in [5.41, 5.74) is 0. The predicted molar refractivity (Wildman–Crippen MR) is 69.8 cm³/mol. The second kappa shape index (κ2) is 5.17. The maximum absolute atomic E-state index is 12.0. The maximum Gasteiger partial charge on any atom is 0.267 e. The van der Waals surface area contributed by atoms with Gasteiger partial charge in [0.05, 0.1) is 0 Å². The van der Waals surface area contributed by atoms with Gasteiger partial charge >= 0.3 is 0 Å². The van der Waals surface area contributed by atoms with Crippen LogP contribution in [0.4, 0.5) is 5.95 Å². The summed E-state index contributed by atoms with van der Waals surface area (Å²) in [5.74, 6) is -0.0338. The van der Waals surface area contributed by atoms with Crippen LogP contribution in [0.25, 0.3) is 0 Å². The SMILES string of the molecule is O=S(=O)(Nc1ncccn1)c1cc(Br)cnc1Cl. The van der Waals surface area contributed by atoms with Crippen LogP contribution >= 0.6 is 27.5 Å². The molecule has 2 aromatic rings. The molecule has 1 N–H and O–H groups in total. The smallest absolute Gasteiger partial charge is 0.247 e. The number of pyridine rings is 1. The van der Waals surface area contributed by atoms with Gasteiger partial charge in [0.2, 0.25) is 5.95 Å². The first kappa shape index (κ1) is 13.2. The number of halogens is 2. The predicted octanol–water partition coefficient (Wildman–Crippen LogP) is 2.09. The molecular weight excluding hydrogens is 344 g/mol. The van der Waals surface area contributed by atoms with Crippen LogP contribution in [0.15, 0.2) is 40.1 Å². The highest BCUT2D eigenvalue weighted by Crippen LogP contribution is 2.23. The first-order valence-corrected chi connectivity index (χ1v) is 7.25. The monoisotopic (exact) mass is 348 g/mol. The third-order valence-corrected chi connectivity index (χ3v) is 4.04. The lowest BCUT2D eigenvalue weighted by molar-refractivity contribution is 0.600. The molecule has 0 aliphatic carbocycles. The molecule has 2 rings (SSSR count). The van der Waals surface area contributed by atoms with Gasteiger partial charge in [0.25, 0.3) is 10.0 Å². The van der Waals surface area contributed by atoms with E-state index >= 15 is 0 Å². The number of hydrogen-bond donors (Lipinski definition) is 1. The van der Waals surface area contributed by atoms with E-state index in [1.165, 1.54) is 24.7 Å². The minimum Gasteiger partial charge on any atom is -0.247 e. The number of nitrogens with zero attached hydrogens (tertiary/aromatic N) is 3. The Morgan fingerprint density at radius 3 is 2.56 bits per heavy atom. The van der Waals surface area contributed by atoms with Gasteiger partial charge in [-0.1, -0.05) is 11.6 Å². The Morgan fingerprint density at radius 2 is 1.89 bits per heavy atom. The highest BCUT2D eigenvalue weighted by Gasteiger charge is 2.20. The van der Waals surface area contributed by atoms with Crippen molar-refractivity contribution in [2.45, 2.75) is 4.90 Å². The average Bonchev–Trinajstić information content (AvgIpc) is 2.33. The summed E-state index contributed by atoms with van der Waals surface area (Å²) in [7, 11) is -3.87. The summed E-state index contributed by atoms with van der Waals surface area (Å²) < 4.78 is 26.8. The number of aromatic nitrogens is 3. The molecule has 6 nitrogen and oxygen atoms in total. The molecule has 0 radical (unpaired) electrons. The van der Waals surface area contributed by atoms with Crippen LogP contribution in [0.1, 0.15) is 0 Å². The summed E-state index contributed by atoms with van der Waals surface area (Å²) >= 11 is 8.88. The van der Waals surface area contributed by atoms with Gasteiger partial charge in [-0.05, 0) is 28.1 Å². The third kappa shape index (κ3) is 2.95. The number of rotatable bonds is 3. The van der Waals surface area contributed by atoms with E-state index in [-0.39, 0.29) is 16.0 Å². The van der Waals surface area contributed by atoms with Crippen molar-refractivity contribution in [3.63, 3.8) is 0 Å². The van der Waals surface area contributed by atoms with Crippen LogP contribution in [0, 0.1) is 0 Å². The van der Waals surface area contributed by atoms with E-state index in [1.807, 2.05) is 0 Å². The molecule has 9 heteroatoms. The lowest BCUT2D eigenvalue weighted by atomic mass is 10.5. The minimum absolute atomic E-state index is 0.0338. The molecule has 0 saturated carbocycles. The van der Waals surface area contributed by atoms with Crippen molar-refractivity contribution in [3.8, 4) is 0 Å². The zero-order chi connectivity index (χ0) is 13.2. The Balaban J connectivity index is 2.40. The van der Waals surface area contributed by atoms with Crippen molar-refractivity contribution in [2.24, 2.45) is 0 Å².